The van der Waals surface area contributed by atoms with E-state index >= 15 is 0 Å². The monoisotopic (exact) mass is 346 g/mol. The van der Waals surface area contributed by atoms with E-state index in [2.05, 4.69) is 51.7 Å². The van der Waals surface area contributed by atoms with Gasteiger partial charge in [0, 0.05) is 23.5 Å². The number of benzene rings is 1. The summed E-state index contributed by atoms with van der Waals surface area (Å²) < 4.78 is 0. The molecule has 0 aliphatic heterocycles. The first-order valence-electron chi connectivity index (χ1n) is 8.37. The predicted octanol–water partition coefficient (Wildman–Crippen LogP) is 5.24. The molecule has 0 saturated heterocycles. The van der Waals surface area contributed by atoms with Crippen LogP contribution in [0, 0.1) is 0 Å². The van der Waals surface area contributed by atoms with Crippen LogP contribution in [0.2, 0.25) is 0 Å². The van der Waals surface area contributed by atoms with E-state index < -0.39 is 0 Å². The topological polar surface area (TPSA) is 50.7 Å². The fourth-order valence-corrected chi connectivity index (χ4v) is 3.75. The van der Waals surface area contributed by atoms with Gasteiger partial charge in [0.1, 0.15) is 5.69 Å². The Morgan fingerprint density at radius 1 is 0.880 bits per heavy atom. The Bertz CT molecular complexity index is 995. The summed E-state index contributed by atoms with van der Waals surface area (Å²) in [7, 11) is 0. The van der Waals surface area contributed by atoms with Gasteiger partial charge in [0.2, 0.25) is 0 Å². The lowest BCUT2D eigenvalue weighted by molar-refractivity contribution is 0.953. The maximum absolute atomic E-state index is 4.51. The van der Waals surface area contributed by atoms with E-state index in [1.807, 2.05) is 36.5 Å². The molecular formula is C20H18N4S. The van der Waals surface area contributed by atoms with Gasteiger partial charge in [0.05, 0.1) is 15.4 Å². The zero-order valence-corrected chi connectivity index (χ0v) is 14.8. The molecule has 0 unspecified atom stereocenters. The van der Waals surface area contributed by atoms with Crippen molar-refractivity contribution in [2.24, 2.45) is 0 Å². The SMILES string of the molecule is CCCNc1nnc(-c2ccc(-c3ccccn3)s2)c2ccccc12. The normalized spacial score (nSPS) is 10.9. The largest absolute Gasteiger partial charge is 0.368 e. The number of fused-ring (bicyclic) bond motifs is 1. The molecular weight excluding hydrogens is 328 g/mol. The van der Waals surface area contributed by atoms with Gasteiger partial charge in [-0.3, -0.25) is 4.98 Å². The molecule has 0 aliphatic rings. The van der Waals surface area contributed by atoms with Crippen molar-refractivity contribution >= 4 is 27.9 Å². The summed E-state index contributed by atoms with van der Waals surface area (Å²) in [5.41, 5.74) is 1.90. The lowest BCUT2D eigenvalue weighted by atomic mass is 10.1. The van der Waals surface area contributed by atoms with Crippen molar-refractivity contribution in [3.05, 3.63) is 60.8 Å². The minimum atomic E-state index is 0.850. The highest BCUT2D eigenvalue weighted by atomic mass is 32.1. The first kappa shape index (κ1) is 15.7. The van der Waals surface area contributed by atoms with Gasteiger partial charge in [-0.2, -0.15) is 0 Å². The predicted molar refractivity (Wildman–Crippen MR) is 105 cm³/mol. The van der Waals surface area contributed by atoms with Gasteiger partial charge in [-0.15, -0.1) is 21.5 Å². The molecule has 5 heteroatoms. The molecule has 0 saturated carbocycles. The molecule has 0 radical (unpaired) electrons. The summed E-state index contributed by atoms with van der Waals surface area (Å²) in [5, 5.41) is 14.5. The van der Waals surface area contributed by atoms with Crippen LogP contribution in [-0.4, -0.2) is 21.7 Å². The summed E-state index contributed by atoms with van der Waals surface area (Å²) in [6.07, 6.45) is 2.87. The fourth-order valence-electron chi connectivity index (χ4n) is 2.77. The van der Waals surface area contributed by atoms with Crippen LogP contribution in [-0.2, 0) is 0 Å². The van der Waals surface area contributed by atoms with Crippen LogP contribution in [0.1, 0.15) is 13.3 Å². The second kappa shape index (κ2) is 6.99. The molecule has 25 heavy (non-hydrogen) atoms. The molecule has 4 rings (SSSR count). The van der Waals surface area contributed by atoms with Crippen molar-refractivity contribution in [1.29, 1.82) is 0 Å². The maximum atomic E-state index is 4.51. The number of pyridine rings is 1. The first-order chi connectivity index (χ1) is 12.4. The number of thiophene rings is 1. The fraction of sp³-hybridized carbons (Fsp3) is 0.150. The Morgan fingerprint density at radius 3 is 2.48 bits per heavy atom. The van der Waals surface area contributed by atoms with Gasteiger partial charge >= 0.3 is 0 Å². The van der Waals surface area contributed by atoms with Crippen molar-refractivity contribution in [2.75, 3.05) is 11.9 Å². The summed E-state index contributed by atoms with van der Waals surface area (Å²) >= 11 is 1.69. The Labute approximate surface area is 150 Å². The quantitative estimate of drug-likeness (QED) is 0.537. The standard InChI is InChI=1S/C20H18N4S/c1-2-12-22-20-15-8-4-3-7-14(15)19(23-24-20)18-11-10-17(25-18)16-9-5-6-13-21-16/h3-11,13H,2,12H2,1H3,(H,22,24). The third kappa shape index (κ3) is 3.10. The highest BCUT2D eigenvalue weighted by Crippen LogP contribution is 2.36. The molecule has 0 amide bonds. The lowest BCUT2D eigenvalue weighted by Crippen LogP contribution is -2.04. The molecule has 1 aromatic carbocycles. The van der Waals surface area contributed by atoms with E-state index in [0.717, 1.165) is 50.7 Å². The average Bonchev–Trinajstić information content (AvgIpc) is 3.17. The number of aromatic nitrogens is 3. The van der Waals surface area contributed by atoms with E-state index in [0.29, 0.717) is 0 Å². The van der Waals surface area contributed by atoms with E-state index in [9.17, 15) is 0 Å². The maximum Gasteiger partial charge on any atom is 0.156 e. The number of hydrogen-bond acceptors (Lipinski definition) is 5. The van der Waals surface area contributed by atoms with Gasteiger partial charge in [-0.05, 0) is 30.7 Å². The number of nitrogens with one attached hydrogen (secondary N) is 1. The Balaban J connectivity index is 1.79. The molecule has 0 fully saturated rings. The van der Waals surface area contributed by atoms with Crippen molar-refractivity contribution in [3.63, 3.8) is 0 Å². The summed E-state index contributed by atoms with van der Waals surface area (Å²) in [4.78, 5) is 6.67. The van der Waals surface area contributed by atoms with Crippen molar-refractivity contribution in [3.8, 4) is 21.1 Å². The van der Waals surface area contributed by atoms with Crippen LogP contribution in [0.3, 0.4) is 0 Å². The average molecular weight is 346 g/mol. The summed E-state index contributed by atoms with van der Waals surface area (Å²) in [6.45, 7) is 3.03. The van der Waals surface area contributed by atoms with E-state index in [1.165, 1.54) is 0 Å². The first-order valence-corrected chi connectivity index (χ1v) is 9.19. The minimum Gasteiger partial charge on any atom is -0.368 e. The van der Waals surface area contributed by atoms with E-state index in [-0.39, 0.29) is 0 Å². The number of anilines is 1. The Hall–Kier alpha value is -2.79. The smallest absolute Gasteiger partial charge is 0.156 e. The van der Waals surface area contributed by atoms with Crippen LogP contribution >= 0.6 is 11.3 Å². The minimum absolute atomic E-state index is 0.850. The lowest BCUT2D eigenvalue weighted by Gasteiger charge is -2.09. The molecule has 3 aromatic heterocycles. The Kier molecular flexibility index (Phi) is 4.39. The number of nitrogens with zero attached hydrogens (tertiary/aromatic N) is 3. The van der Waals surface area contributed by atoms with Gasteiger partial charge in [-0.25, -0.2) is 0 Å². The third-order valence-corrected chi connectivity index (χ3v) is 5.10. The summed E-state index contributed by atoms with van der Waals surface area (Å²) in [5.74, 6) is 0.850. The zero-order valence-electron chi connectivity index (χ0n) is 13.9. The van der Waals surface area contributed by atoms with Crippen molar-refractivity contribution in [1.82, 2.24) is 15.2 Å². The van der Waals surface area contributed by atoms with Crippen molar-refractivity contribution in [2.45, 2.75) is 13.3 Å². The summed E-state index contributed by atoms with van der Waals surface area (Å²) in [6, 6.07) is 18.5. The molecule has 4 nitrogen and oxygen atoms in total. The van der Waals surface area contributed by atoms with Gasteiger partial charge < -0.3 is 5.32 Å². The van der Waals surface area contributed by atoms with E-state index in [4.69, 9.17) is 0 Å². The molecule has 0 spiro atoms. The van der Waals surface area contributed by atoms with Crippen LogP contribution in [0.5, 0.6) is 0 Å². The van der Waals surface area contributed by atoms with Crippen LogP contribution in [0.25, 0.3) is 31.9 Å². The van der Waals surface area contributed by atoms with Crippen molar-refractivity contribution < 1.29 is 0 Å². The van der Waals surface area contributed by atoms with E-state index in [1.54, 1.807) is 11.3 Å². The van der Waals surface area contributed by atoms with Crippen LogP contribution < -0.4 is 5.32 Å². The molecule has 0 aliphatic carbocycles. The molecule has 1 N–H and O–H groups in total. The molecule has 0 bridgehead atoms. The second-order valence-corrected chi connectivity index (χ2v) is 6.83. The van der Waals surface area contributed by atoms with Crippen LogP contribution in [0.15, 0.2) is 60.8 Å². The zero-order chi connectivity index (χ0) is 17.1. The highest BCUT2D eigenvalue weighted by molar-refractivity contribution is 7.18. The second-order valence-electron chi connectivity index (χ2n) is 5.75. The van der Waals surface area contributed by atoms with Gasteiger partial charge in [-0.1, -0.05) is 37.3 Å². The van der Waals surface area contributed by atoms with Gasteiger partial charge in [0.15, 0.2) is 5.82 Å². The molecule has 0 atom stereocenters. The Morgan fingerprint density at radius 2 is 1.68 bits per heavy atom. The molecule has 124 valence electrons. The third-order valence-electron chi connectivity index (χ3n) is 3.99. The van der Waals surface area contributed by atoms with Crippen LogP contribution in [0.4, 0.5) is 5.82 Å². The highest BCUT2D eigenvalue weighted by Gasteiger charge is 2.13. The number of hydrogen-bond donors (Lipinski definition) is 1. The molecule has 3 heterocycles. The molecule has 4 aromatic rings. The van der Waals surface area contributed by atoms with Gasteiger partial charge in [0.25, 0.3) is 0 Å². The number of rotatable bonds is 5.